The molecule has 0 saturated carbocycles. The van der Waals surface area contributed by atoms with E-state index in [0.717, 1.165) is 30.9 Å². The Hall–Kier alpha value is -1.45. The Labute approximate surface area is 76.3 Å². The lowest BCUT2D eigenvalue weighted by Gasteiger charge is -2.16. The van der Waals surface area contributed by atoms with E-state index in [2.05, 4.69) is 15.5 Å². The van der Waals surface area contributed by atoms with E-state index in [9.17, 15) is 4.91 Å². The quantitative estimate of drug-likeness (QED) is 0.699. The van der Waals surface area contributed by atoms with Gasteiger partial charge >= 0.3 is 0 Å². The molecule has 0 unspecified atom stereocenters. The number of fused-ring (bicyclic) bond motifs is 1. The van der Waals surface area contributed by atoms with E-state index in [0.29, 0.717) is 0 Å². The van der Waals surface area contributed by atoms with Crippen LogP contribution in [-0.4, -0.2) is 11.5 Å². The second-order valence-corrected chi connectivity index (χ2v) is 3.13. The van der Waals surface area contributed by atoms with E-state index in [1.54, 1.807) is 0 Å². The van der Waals surface area contributed by atoms with Crippen molar-refractivity contribution in [2.45, 2.75) is 19.4 Å². The molecule has 0 bridgehead atoms. The van der Waals surface area contributed by atoms with Gasteiger partial charge in [0.1, 0.15) is 12.4 Å². The van der Waals surface area contributed by atoms with Crippen LogP contribution in [0.2, 0.25) is 0 Å². The van der Waals surface area contributed by atoms with Crippen LogP contribution in [0.1, 0.15) is 17.7 Å². The number of aromatic nitrogens is 1. The minimum Gasteiger partial charge on any atom is -0.370 e. The molecule has 2 rings (SSSR count). The van der Waals surface area contributed by atoms with E-state index in [1.807, 2.05) is 12.1 Å². The predicted molar refractivity (Wildman–Crippen MR) is 50.5 cm³/mol. The maximum atomic E-state index is 10.0. The molecular weight excluding hydrogens is 166 g/mol. The topological polar surface area (TPSA) is 54.4 Å². The number of anilines is 1. The number of nitroso groups, excluding NO2 is 1. The first-order chi connectivity index (χ1) is 6.40. The van der Waals surface area contributed by atoms with Crippen molar-refractivity contribution in [3.05, 3.63) is 28.3 Å². The summed E-state index contributed by atoms with van der Waals surface area (Å²) < 4.78 is 0. The summed E-state index contributed by atoms with van der Waals surface area (Å²) >= 11 is 0. The normalized spacial score (nSPS) is 14.5. The van der Waals surface area contributed by atoms with Crippen molar-refractivity contribution < 1.29 is 0 Å². The number of pyridine rings is 1. The van der Waals surface area contributed by atoms with Crippen LogP contribution < -0.4 is 5.32 Å². The van der Waals surface area contributed by atoms with E-state index >= 15 is 0 Å². The van der Waals surface area contributed by atoms with E-state index in [1.165, 1.54) is 5.56 Å². The maximum Gasteiger partial charge on any atom is 0.129 e. The molecule has 0 spiro atoms. The van der Waals surface area contributed by atoms with Gasteiger partial charge in [-0.05, 0) is 24.5 Å². The fourth-order valence-electron chi connectivity index (χ4n) is 1.52. The Bertz CT molecular complexity index is 325. The van der Waals surface area contributed by atoms with Crippen molar-refractivity contribution in [1.82, 2.24) is 4.98 Å². The largest absolute Gasteiger partial charge is 0.370 e. The molecule has 1 aromatic heterocycles. The van der Waals surface area contributed by atoms with Crippen LogP contribution in [0.5, 0.6) is 0 Å². The van der Waals surface area contributed by atoms with Crippen molar-refractivity contribution in [1.29, 1.82) is 0 Å². The minimum absolute atomic E-state index is 0.162. The van der Waals surface area contributed by atoms with E-state index < -0.39 is 0 Å². The summed E-state index contributed by atoms with van der Waals surface area (Å²) in [6, 6.07) is 3.89. The van der Waals surface area contributed by atoms with Gasteiger partial charge < -0.3 is 5.32 Å². The lowest BCUT2D eigenvalue weighted by Crippen LogP contribution is -2.13. The Kier molecular flexibility index (Phi) is 2.21. The van der Waals surface area contributed by atoms with Gasteiger partial charge in [0.2, 0.25) is 0 Å². The molecule has 0 aliphatic carbocycles. The van der Waals surface area contributed by atoms with Crippen molar-refractivity contribution >= 4 is 5.82 Å². The van der Waals surface area contributed by atoms with Crippen LogP contribution in [0.3, 0.4) is 0 Å². The molecule has 68 valence electrons. The Balaban J connectivity index is 2.29. The third-order valence-electron chi connectivity index (χ3n) is 2.18. The summed E-state index contributed by atoms with van der Waals surface area (Å²) in [6.45, 7) is 1.13. The third kappa shape index (κ3) is 1.66. The first kappa shape index (κ1) is 8.16. The van der Waals surface area contributed by atoms with Crippen molar-refractivity contribution in [2.24, 2.45) is 5.18 Å². The molecule has 0 atom stereocenters. The first-order valence-corrected chi connectivity index (χ1v) is 4.42. The summed E-state index contributed by atoms with van der Waals surface area (Å²) in [6.07, 6.45) is 2.23. The van der Waals surface area contributed by atoms with Gasteiger partial charge in [-0.2, -0.15) is 4.91 Å². The Morgan fingerprint density at radius 3 is 3.31 bits per heavy atom. The Morgan fingerprint density at radius 1 is 1.54 bits per heavy atom. The van der Waals surface area contributed by atoms with Crippen LogP contribution >= 0.6 is 0 Å². The standard InChI is InChI=1S/C9H11N3O/c13-11-6-8-4-3-7-2-1-5-10-9(7)12-8/h3-4H,1-2,5-6H2,(H,10,12). The summed E-state index contributed by atoms with van der Waals surface area (Å²) in [5.74, 6) is 0.924. The van der Waals surface area contributed by atoms with Gasteiger partial charge in [0.05, 0.1) is 5.69 Å². The third-order valence-corrected chi connectivity index (χ3v) is 2.18. The summed E-state index contributed by atoms with van der Waals surface area (Å²) in [4.78, 5) is 14.3. The minimum atomic E-state index is 0.162. The smallest absolute Gasteiger partial charge is 0.129 e. The monoisotopic (exact) mass is 177 g/mol. The highest BCUT2D eigenvalue weighted by molar-refractivity contribution is 5.46. The van der Waals surface area contributed by atoms with Gasteiger partial charge in [0, 0.05) is 6.54 Å². The van der Waals surface area contributed by atoms with Gasteiger partial charge in [0.25, 0.3) is 0 Å². The highest BCUT2D eigenvalue weighted by Gasteiger charge is 2.09. The molecule has 1 N–H and O–H groups in total. The summed E-state index contributed by atoms with van der Waals surface area (Å²) in [7, 11) is 0. The zero-order chi connectivity index (χ0) is 9.10. The fourth-order valence-corrected chi connectivity index (χ4v) is 1.52. The molecule has 0 fully saturated rings. The summed E-state index contributed by atoms with van der Waals surface area (Å²) in [5, 5.41) is 6.02. The molecule has 13 heavy (non-hydrogen) atoms. The fraction of sp³-hybridized carbons (Fsp3) is 0.444. The Morgan fingerprint density at radius 2 is 2.46 bits per heavy atom. The average Bonchev–Trinajstić information content (AvgIpc) is 2.18. The van der Waals surface area contributed by atoms with E-state index in [-0.39, 0.29) is 6.54 Å². The first-order valence-electron chi connectivity index (χ1n) is 4.42. The molecule has 1 aliphatic heterocycles. The number of rotatable bonds is 2. The van der Waals surface area contributed by atoms with Crippen LogP contribution in [0.25, 0.3) is 0 Å². The molecule has 1 aliphatic rings. The van der Waals surface area contributed by atoms with Crippen LogP contribution in [0, 0.1) is 4.91 Å². The predicted octanol–water partition coefficient (Wildman–Crippen LogP) is 1.71. The number of nitrogens with zero attached hydrogens (tertiary/aromatic N) is 2. The highest BCUT2D eigenvalue weighted by Crippen LogP contribution is 2.19. The SMILES string of the molecule is O=NCc1ccc2c(n1)NCCC2. The molecular formula is C9H11N3O. The van der Waals surface area contributed by atoms with Crippen molar-refractivity contribution in [3.8, 4) is 0 Å². The number of aryl methyl sites for hydroxylation is 1. The van der Waals surface area contributed by atoms with E-state index in [4.69, 9.17) is 0 Å². The zero-order valence-corrected chi connectivity index (χ0v) is 7.29. The van der Waals surface area contributed by atoms with Gasteiger partial charge in [-0.1, -0.05) is 11.2 Å². The summed E-state index contributed by atoms with van der Waals surface area (Å²) in [5.41, 5.74) is 1.98. The van der Waals surface area contributed by atoms with Gasteiger partial charge in [-0.15, -0.1) is 0 Å². The number of hydrogen-bond donors (Lipinski definition) is 1. The molecule has 0 radical (unpaired) electrons. The average molecular weight is 177 g/mol. The number of nitrogens with one attached hydrogen (secondary N) is 1. The molecule has 4 heteroatoms. The van der Waals surface area contributed by atoms with Crippen LogP contribution in [0.15, 0.2) is 17.3 Å². The molecule has 1 aromatic rings. The van der Waals surface area contributed by atoms with Crippen molar-refractivity contribution in [2.75, 3.05) is 11.9 Å². The maximum absolute atomic E-state index is 10.0. The lowest BCUT2D eigenvalue weighted by molar-refractivity contribution is 0.809. The zero-order valence-electron chi connectivity index (χ0n) is 7.29. The van der Waals surface area contributed by atoms with Gasteiger partial charge in [0.15, 0.2) is 0 Å². The van der Waals surface area contributed by atoms with Crippen molar-refractivity contribution in [3.63, 3.8) is 0 Å². The van der Waals surface area contributed by atoms with Gasteiger partial charge in [-0.3, -0.25) is 0 Å². The van der Waals surface area contributed by atoms with Crippen LogP contribution in [-0.2, 0) is 13.0 Å². The van der Waals surface area contributed by atoms with Crippen LogP contribution in [0.4, 0.5) is 5.82 Å². The lowest BCUT2D eigenvalue weighted by atomic mass is 10.1. The molecule has 4 nitrogen and oxygen atoms in total. The van der Waals surface area contributed by atoms with Gasteiger partial charge in [-0.25, -0.2) is 4.98 Å². The second-order valence-electron chi connectivity index (χ2n) is 3.13. The number of hydrogen-bond acceptors (Lipinski definition) is 4. The highest BCUT2D eigenvalue weighted by atomic mass is 16.3. The molecule has 2 heterocycles. The second kappa shape index (κ2) is 3.51. The molecule has 0 aromatic carbocycles. The molecule has 0 saturated heterocycles. The molecule has 0 amide bonds.